The van der Waals surface area contributed by atoms with E-state index in [1.54, 1.807) is 13.8 Å². The smallest absolute Gasteiger partial charge is 0.303 e. The summed E-state index contributed by atoms with van der Waals surface area (Å²) in [4.78, 5) is 89.9. The van der Waals surface area contributed by atoms with E-state index >= 15 is 0 Å². The summed E-state index contributed by atoms with van der Waals surface area (Å²) in [6.07, 6.45) is -2.41. The topological polar surface area (TPSA) is 166 Å². The van der Waals surface area contributed by atoms with Gasteiger partial charge in [0.25, 0.3) is 0 Å². The molecular weight excluding hydrogens is 552 g/mol. The van der Waals surface area contributed by atoms with Crippen molar-refractivity contribution in [2.45, 2.75) is 105 Å². The summed E-state index contributed by atoms with van der Waals surface area (Å²) in [5.74, 6) is -7.81. The van der Waals surface area contributed by atoms with Gasteiger partial charge in [0.1, 0.15) is 18.0 Å². The molecule has 0 spiro atoms. The highest BCUT2D eigenvalue weighted by atomic mass is 16.6. The van der Waals surface area contributed by atoms with Gasteiger partial charge < -0.3 is 23.7 Å². The Morgan fingerprint density at radius 2 is 1.33 bits per heavy atom. The summed E-state index contributed by atoms with van der Waals surface area (Å²) in [5.41, 5.74) is -5.27. The van der Waals surface area contributed by atoms with E-state index in [1.165, 1.54) is 26.0 Å². The highest BCUT2D eigenvalue weighted by molar-refractivity contribution is 5.94. The molecule has 2 aliphatic carbocycles. The maximum atomic E-state index is 14.4. The van der Waals surface area contributed by atoms with Gasteiger partial charge in [0.05, 0.1) is 5.92 Å². The van der Waals surface area contributed by atoms with Crippen molar-refractivity contribution < 1.29 is 57.2 Å². The Morgan fingerprint density at radius 3 is 1.81 bits per heavy atom. The maximum absolute atomic E-state index is 14.4. The van der Waals surface area contributed by atoms with Crippen molar-refractivity contribution in [2.75, 3.05) is 0 Å². The fraction of sp³-hybridized carbons (Fsp3) is 0.633. The van der Waals surface area contributed by atoms with Crippen LogP contribution < -0.4 is 0 Å². The second-order valence-corrected chi connectivity index (χ2v) is 11.7. The number of ketones is 2. The molecule has 42 heavy (non-hydrogen) atoms. The van der Waals surface area contributed by atoms with E-state index in [2.05, 4.69) is 6.58 Å². The van der Waals surface area contributed by atoms with Crippen LogP contribution in [0.2, 0.25) is 0 Å². The lowest BCUT2D eigenvalue weighted by atomic mass is 9.73. The van der Waals surface area contributed by atoms with Crippen molar-refractivity contribution in [1.82, 2.24) is 0 Å². The van der Waals surface area contributed by atoms with Crippen LogP contribution in [0.15, 0.2) is 24.3 Å². The molecule has 0 saturated heterocycles. The van der Waals surface area contributed by atoms with Crippen LogP contribution in [0.4, 0.5) is 0 Å². The van der Waals surface area contributed by atoms with Gasteiger partial charge in [-0.05, 0) is 20.8 Å². The number of esters is 5. The molecule has 0 heterocycles. The van der Waals surface area contributed by atoms with Crippen LogP contribution in [-0.2, 0) is 57.2 Å². The third-order valence-corrected chi connectivity index (χ3v) is 7.50. The van der Waals surface area contributed by atoms with Crippen LogP contribution in [0.25, 0.3) is 0 Å². The van der Waals surface area contributed by atoms with Gasteiger partial charge in [0.15, 0.2) is 23.1 Å². The summed E-state index contributed by atoms with van der Waals surface area (Å²) in [5, 5.41) is 0. The molecule has 1 fully saturated rings. The molecule has 232 valence electrons. The number of carbonyl (C=O) groups is 7. The quantitative estimate of drug-likeness (QED) is 0.261. The molecule has 0 aromatic carbocycles. The molecule has 7 unspecified atom stereocenters. The minimum absolute atomic E-state index is 0.139. The average Bonchev–Trinajstić information content (AvgIpc) is 3.04. The molecule has 2 rings (SSSR count). The van der Waals surface area contributed by atoms with Crippen LogP contribution in [0, 0.1) is 17.3 Å². The first-order valence-corrected chi connectivity index (χ1v) is 13.5. The Hall–Kier alpha value is -3.83. The zero-order valence-electron chi connectivity index (χ0n) is 25.6. The summed E-state index contributed by atoms with van der Waals surface area (Å²) in [6.45, 7) is 15.6. The summed E-state index contributed by atoms with van der Waals surface area (Å²) >= 11 is 0. The first-order valence-electron chi connectivity index (χ1n) is 13.5. The number of allylic oxidation sites excluding steroid dienone is 2. The molecule has 0 aliphatic heterocycles. The maximum Gasteiger partial charge on any atom is 0.303 e. The standard InChI is InChI=1S/C30H40O12/c1-15-11-12-28(8,9)23(36)13-22(38-17(3)31)16(2)25(39-18(4)32)24-27(40-19(5)33)29(10,41-20(6)34)14-30(24,26(15)37)42-21(7)35/h11-12,15,22,24-25,27H,2,13-14H2,1,3-10H3/b12-11-. The van der Waals surface area contributed by atoms with Crippen LogP contribution in [0.5, 0.6) is 0 Å². The summed E-state index contributed by atoms with van der Waals surface area (Å²) < 4.78 is 28.3. The average molecular weight is 593 g/mol. The second kappa shape index (κ2) is 12.6. The lowest BCUT2D eigenvalue weighted by molar-refractivity contribution is -0.189. The molecule has 1 saturated carbocycles. The molecular formula is C30H40O12. The summed E-state index contributed by atoms with van der Waals surface area (Å²) in [7, 11) is 0. The van der Waals surface area contributed by atoms with Gasteiger partial charge in [-0.3, -0.25) is 33.6 Å². The van der Waals surface area contributed by atoms with Gasteiger partial charge in [0, 0.05) is 64.4 Å². The molecule has 0 aromatic rings. The lowest BCUT2D eigenvalue weighted by Gasteiger charge is -2.41. The van der Waals surface area contributed by atoms with Gasteiger partial charge in [0.2, 0.25) is 0 Å². The number of Topliss-reactive ketones (excluding diaryl/α,β-unsaturated/α-hetero) is 2. The lowest BCUT2D eigenvalue weighted by Crippen LogP contribution is -2.57. The Morgan fingerprint density at radius 1 is 0.810 bits per heavy atom. The van der Waals surface area contributed by atoms with E-state index in [9.17, 15) is 33.6 Å². The first kappa shape index (κ1) is 34.4. The van der Waals surface area contributed by atoms with Gasteiger partial charge in [-0.15, -0.1) is 0 Å². The molecule has 2 aliphatic rings. The molecule has 0 aromatic heterocycles. The third kappa shape index (κ3) is 7.32. The van der Waals surface area contributed by atoms with E-state index in [1.807, 2.05) is 0 Å². The number of hydrogen-bond donors (Lipinski definition) is 0. The molecule has 0 radical (unpaired) electrons. The van der Waals surface area contributed by atoms with Crippen molar-refractivity contribution in [3.8, 4) is 0 Å². The van der Waals surface area contributed by atoms with Crippen molar-refractivity contribution in [3.63, 3.8) is 0 Å². The molecule has 12 nitrogen and oxygen atoms in total. The van der Waals surface area contributed by atoms with Crippen molar-refractivity contribution in [1.29, 1.82) is 0 Å². The number of rotatable bonds is 5. The Bertz CT molecular complexity index is 1210. The van der Waals surface area contributed by atoms with E-state index in [-0.39, 0.29) is 17.8 Å². The van der Waals surface area contributed by atoms with E-state index in [0.717, 1.165) is 34.6 Å². The molecule has 0 bridgehead atoms. The minimum Gasteiger partial charge on any atom is -0.458 e. The zero-order chi connectivity index (χ0) is 32.4. The van der Waals surface area contributed by atoms with Crippen LogP contribution in [0.3, 0.4) is 0 Å². The minimum atomic E-state index is -2.21. The monoisotopic (exact) mass is 592 g/mol. The van der Waals surface area contributed by atoms with Crippen LogP contribution in [0.1, 0.15) is 75.2 Å². The number of fused-ring (bicyclic) bond motifs is 1. The highest BCUT2D eigenvalue weighted by Gasteiger charge is 2.71. The van der Waals surface area contributed by atoms with Gasteiger partial charge in [-0.2, -0.15) is 0 Å². The first-order chi connectivity index (χ1) is 19.2. The molecule has 7 atom stereocenters. The Balaban J connectivity index is 3.09. The Labute approximate surface area is 245 Å². The predicted octanol–water partition coefficient (Wildman–Crippen LogP) is 2.74. The highest BCUT2D eigenvalue weighted by Crippen LogP contribution is 2.53. The van der Waals surface area contributed by atoms with Crippen LogP contribution in [-0.4, -0.2) is 70.9 Å². The predicted molar refractivity (Wildman–Crippen MR) is 145 cm³/mol. The second-order valence-electron chi connectivity index (χ2n) is 11.7. The van der Waals surface area contributed by atoms with E-state index < -0.39 is 88.8 Å². The largest absolute Gasteiger partial charge is 0.458 e. The van der Waals surface area contributed by atoms with Gasteiger partial charge in [-0.1, -0.05) is 25.7 Å². The van der Waals surface area contributed by atoms with Crippen molar-refractivity contribution in [2.24, 2.45) is 17.3 Å². The van der Waals surface area contributed by atoms with Gasteiger partial charge >= 0.3 is 29.8 Å². The van der Waals surface area contributed by atoms with E-state index in [4.69, 9.17) is 23.7 Å². The molecule has 0 N–H and O–H groups in total. The fourth-order valence-corrected chi connectivity index (χ4v) is 5.80. The van der Waals surface area contributed by atoms with Gasteiger partial charge in [-0.25, -0.2) is 0 Å². The number of hydrogen-bond acceptors (Lipinski definition) is 12. The number of ether oxygens (including phenoxy) is 5. The van der Waals surface area contributed by atoms with Crippen molar-refractivity contribution >= 4 is 41.4 Å². The third-order valence-electron chi connectivity index (χ3n) is 7.50. The van der Waals surface area contributed by atoms with Crippen molar-refractivity contribution in [3.05, 3.63) is 24.3 Å². The molecule has 0 amide bonds. The zero-order valence-corrected chi connectivity index (χ0v) is 25.6. The van der Waals surface area contributed by atoms with Crippen LogP contribution >= 0.6 is 0 Å². The Kier molecular flexibility index (Phi) is 10.3. The normalized spacial score (nSPS) is 33.6. The number of carbonyl (C=O) groups excluding carboxylic acids is 7. The SMILES string of the molecule is C=C1C(OC(C)=O)CC(=O)C(C)(C)/C=C\C(C)C(=O)C2(OC(C)=O)CC(C)(OC(C)=O)C(OC(C)=O)C2C1OC(C)=O. The van der Waals surface area contributed by atoms with E-state index in [0.29, 0.717) is 0 Å². The molecule has 12 heteroatoms. The summed E-state index contributed by atoms with van der Waals surface area (Å²) in [6, 6.07) is 0. The fourth-order valence-electron chi connectivity index (χ4n) is 5.80.